The molecular weight excluding hydrogens is 877 g/mol. The van der Waals surface area contributed by atoms with Crippen LogP contribution in [0.4, 0.5) is 0 Å². The number of hydrogen-bond donors (Lipinski definition) is 0. The SMILES string of the molecule is [Al+3].[Al+3].[Ce+3].[Ce+3].[Mg+2].[Mg+2].[O-2].[O-2].[O-2].[O-2].[O-2].[O-2].[O-2].[O-2].[O-2].[O-2].[O-2].[Tb+3].[Tb+3]. The Morgan fingerprint density at radius 2 is 0.263 bits per heavy atom. The van der Waals surface area contributed by atoms with Gasteiger partial charge >= 0.3 is 242 Å². The summed E-state index contributed by atoms with van der Waals surface area (Å²) < 4.78 is 0. The fourth-order valence-corrected chi connectivity index (χ4v) is 0. The number of hydrogen-bond acceptors (Lipinski definition) is 0. The summed E-state index contributed by atoms with van der Waals surface area (Å²) in [5.41, 5.74) is 0. The van der Waals surface area contributed by atoms with E-state index in [-0.39, 0.29) is 302 Å². The summed E-state index contributed by atoms with van der Waals surface area (Å²) in [6, 6.07) is 0. The van der Waals surface area contributed by atoms with Crippen molar-refractivity contribution >= 4 is 80.8 Å². The van der Waals surface area contributed by atoms with Crippen molar-refractivity contribution in [1.82, 2.24) is 0 Å². The van der Waals surface area contributed by atoms with E-state index in [9.17, 15) is 0 Å². The normalized spacial score (nSPS) is 0. The Bertz CT molecular complexity index is 34.7. The second-order valence-corrected chi connectivity index (χ2v) is 0. The van der Waals surface area contributed by atoms with Gasteiger partial charge in [-0.3, -0.25) is 0 Å². The Balaban J connectivity index is 0. The van der Waals surface area contributed by atoms with E-state index in [0.29, 0.717) is 0 Å². The molecule has 0 bridgehead atoms. The van der Waals surface area contributed by atoms with E-state index in [2.05, 4.69) is 0 Å². The predicted molar refractivity (Wildman–Crippen MR) is 30.6 cm³/mol. The van der Waals surface area contributed by atoms with Crippen molar-refractivity contribution in [1.29, 1.82) is 0 Å². The second kappa shape index (κ2) is 273. The van der Waals surface area contributed by atoms with Crippen LogP contribution < -0.4 is 0 Å². The molecule has 0 aromatic heterocycles. The zero-order chi connectivity index (χ0) is 0. The molecular formula is Al2Ce2Mg2O11Tb2. The Labute approximate surface area is 294 Å². The van der Waals surface area contributed by atoms with Crippen molar-refractivity contribution in [3.63, 3.8) is 0 Å². The van der Waals surface area contributed by atoms with Crippen LogP contribution in [-0.2, 0) is 60.2 Å². The Hall–Kier alpha value is 7.48. The summed E-state index contributed by atoms with van der Waals surface area (Å²) in [7, 11) is 0. The zero-order valence-corrected chi connectivity index (χ0v) is 24.4. The molecule has 102 valence electrons. The van der Waals surface area contributed by atoms with Gasteiger partial charge in [-0.2, -0.15) is 0 Å². The third-order valence-electron chi connectivity index (χ3n) is 0. The molecule has 0 saturated carbocycles. The van der Waals surface area contributed by atoms with Gasteiger partial charge in [0.2, 0.25) is 0 Å². The molecule has 0 rings (SSSR count). The molecule has 0 aliphatic rings. The van der Waals surface area contributed by atoms with Crippen molar-refractivity contribution in [2.75, 3.05) is 0 Å². The van der Waals surface area contributed by atoms with E-state index in [1.165, 1.54) is 0 Å². The Kier molecular flexibility index (Phi) is 4410. The standard InChI is InChI=1S/2Al.2Ce.2Mg.11O.2Tb/q4*+3;2*+2;11*-2;2*+3. The first-order chi connectivity index (χ1) is 0. The van der Waals surface area contributed by atoms with E-state index in [0.717, 1.165) is 0 Å². The quantitative estimate of drug-likeness (QED) is 0.222. The van der Waals surface area contributed by atoms with Gasteiger partial charge in [0.1, 0.15) is 0 Å². The first-order valence-electron chi connectivity index (χ1n) is 0. The van der Waals surface area contributed by atoms with Crippen LogP contribution in [0.3, 0.4) is 0 Å². The maximum absolute atomic E-state index is 0. The summed E-state index contributed by atoms with van der Waals surface area (Å²) >= 11 is 0. The molecule has 0 fully saturated rings. The van der Waals surface area contributed by atoms with Crippen LogP contribution in [-0.4, -0.2) is 80.8 Å². The molecule has 0 heterocycles. The molecule has 0 N–H and O–H groups in total. The number of rotatable bonds is 0. The average Bonchev–Trinajstić information content (AvgIpc) is 0. The molecule has 0 spiro atoms. The summed E-state index contributed by atoms with van der Waals surface area (Å²) in [6.07, 6.45) is 0. The average molecular weight is 877 g/mol. The van der Waals surface area contributed by atoms with Crippen LogP contribution in [0.1, 0.15) is 0 Å². The van der Waals surface area contributed by atoms with Gasteiger partial charge in [0.25, 0.3) is 0 Å². The monoisotopic (exact) mass is 876 g/mol. The van der Waals surface area contributed by atoms with Gasteiger partial charge in [0, 0.05) is 0 Å². The molecule has 0 aliphatic carbocycles. The smallest absolute Gasteiger partial charge is 2.00 e. The zero-order valence-electron chi connectivity index (χ0n) is 8.73. The van der Waals surface area contributed by atoms with Gasteiger partial charge in [0.05, 0.1) is 0 Å². The van der Waals surface area contributed by atoms with Gasteiger partial charge in [0.15, 0.2) is 0 Å². The molecule has 0 aromatic rings. The molecule has 0 aromatic carbocycles. The summed E-state index contributed by atoms with van der Waals surface area (Å²) in [5, 5.41) is 0. The van der Waals surface area contributed by atoms with Gasteiger partial charge < -0.3 is 60.2 Å². The molecule has 11 nitrogen and oxygen atoms in total. The van der Waals surface area contributed by atoms with Crippen molar-refractivity contribution in [2.45, 2.75) is 0 Å². The first-order valence-corrected chi connectivity index (χ1v) is 0. The summed E-state index contributed by atoms with van der Waals surface area (Å²) in [6.45, 7) is 0. The Morgan fingerprint density at radius 1 is 0.263 bits per heavy atom. The largest absolute Gasteiger partial charge is 3.00 e. The molecule has 0 atom stereocenters. The van der Waals surface area contributed by atoms with Crippen molar-refractivity contribution in [2.24, 2.45) is 0 Å². The van der Waals surface area contributed by atoms with Crippen LogP contribution in [0.2, 0.25) is 0 Å². The fraction of sp³-hybridized carbons (Fsp3) is 0. The van der Waals surface area contributed by atoms with E-state index in [4.69, 9.17) is 0 Å². The Morgan fingerprint density at radius 3 is 0.263 bits per heavy atom. The van der Waals surface area contributed by atoms with E-state index < -0.39 is 0 Å². The van der Waals surface area contributed by atoms with Gasteiger partial charge in [-0.25, -0.2) is 0 Å². The van der Waals surface area contributed by atoms with Crippen LogP contribution in [0.5, 0.6) is 0 Å². The molecule has 19 heteroatoms. The third-order valence-corrected chi connectivity index (χ3v) is 0. The predicted octanol–water partition coefficient (Wildman–Crippen LogP) is -2.83. The van der Waals surface area contributed by atoms with Crippen LogP contribution in [0.25, 0.3) is 0 Å². The van der Waals surface area contributed by atoms with Crippen LogP contribution in [0.15, 0.2) is 0 Å². The molecule has 2 radical (unpaired) electrons. The molecule has 0 unspecified atom stereocenters. The van der Waals surface area contributed by atoms with Gasteiger partial charge in [-0.1, -0.05) is 0 Å². The van der Waals surface area contributed by atoms with Crippen molar-refractivity contribution in [3.05, 3.63) is 0 Å². The summed E-state index contributed by atoms with van der Waals surface area (Å²) in [4.78, 5) is 0. The maximum atomic E-state index is 0. The topological polar surface area (TPSA) is 314 Å². The third kappa shape index (κ3) is 251. The second-order valence-electron chi connectivity index (χ2n) is 0. The van der Waals surface area contributed by atoms with Gasteiger partial charge in [-0.15, -0.1) is 0 Å². The van der Waals surface area contributed by atoms with Gasteiger partial charge in [-0.05, 0) is 0 Å². The van der Waals surface area contributed by atoms with E-state index in [1.807, 2.05) is 0 Å². The molecule has 0 saturated heterocycles. The summed E-state index contributed by atoms with van der Waals surface area (Å²) in [5.74, 6) is 0. The van der Waals surface area contributed by atoms with Crippen LogP contribution in [0, 0.1) is 161 Å². The van der Waals surface area contributed by atoms with Crippen molar-refractivity contribution in [3.8, 4) is 0 Å². The molecule has 0 aliphatic heterocycles. The minimum Gasteiger partial charge on any atom is -2.00 e. The van der Waals surface area contributed by atoms with E-state index >= 15 is 0 Å². The van der Waals surface area contributed by atoms with Crippen LogP contribution >= 0.6 is 0 Å². The molecule has 19 heavy (non-hydrogen) atoms. The minimum atomic E-state index is 0. The fourth-order valence-electron chi connectivity index (χ4n) is 0. The van der Waals surface area contributed by atoms with E-state index in [1.54, 1.807) is 0 Å². The maximum Gasteiger partial charge on any atom is 3.00 e. The van der Waals surface area contributed by atoms with Crippen molar-refractivity contribution < 1.29 is 221 Å². The molecule has 0 amide bonds. The minimum absolute atomic E-state index is 0. The first kappa shape index (κ1) is 307.